The van der Waals surface area contributed by atoms with Crippen LogP contribution in [0.15, 0.2) is 39.8 Å². The number of hydrogen-bond acceptors (Lipinski definition) is 6. The van der Waals surface area contributed by atoms with Crippen LogP contribution in [0.4, 0.5) is 0 Å². The molecule has 3 rings (SSSR count). The Morgan fingerprint density at radius 1 is 1.16 bits per heavy atom. The van der Waals surface area contributed by atoms with Crippen molar-refractivity contribution < 1.29 is 14.1 Å². The summed E-state index contributed by atoms with van der Waals surface area (Å²) in [5.74, 6) is 2.31. The first kappa shape index (κ1) is 23.6. The van der Waals surface area contributed by atoms with Crippen LogP contribution in [-0.2, 0) is 17.9 Å². The Morgan fingerprint density at radius 2 is 1.94 bits per heavy atom. The number of rotatable bonds is 9. The number of aromatic nitrogens is 1. The molecule has 1 aliphatic rings. The van der Waals surface area contributed by atoms with Crippen LogP contribution in [0.2, 0.25) is 0 Å². The number of amides is 1. The molecule has 0 radical (unpaired) electrons. The van der Waals surface area contributed by atoms with E-state index < -0.39 is 0 Å². The monoisotopic (exact) mass is 442 g/mol. The van der Waals surface area contributed by atoms with E-state index in [0.29, 0.717) is 18.8 Å². The molecule has 2 heterocycles. The van der Waals surface area contributed by atoms with Gasteiger partial charge in [-0.25, -0.2) is 4.99 Å². The van der Waals surface area contributed by atoms with Crippen molar-refractivity contribution in [3.05, 3.63) is 47.3 Å². The van der Waals surface area contributed by atoms with Crippen molar-refractivity contribution in [2.45, 2.75) is 33.9 Å². The fourth-order valence-electron chi connectivity index (χ4n) is 3.56. The zero-order valence-corrected chi connectivity index (χ0v) is 19.3. The summed E-state index contributed by atoms with van der Waals surface area (Å²) in [6, 6.07) is 9.72. The summed E-state index contributed by atoms with van der Waals surface area (Å²) in [6.07, 6.45) is 0. The molecule has 9 nitrogen and oxygen atoms in total. The highest BCUT2D eigenvalue weighted by molar-refractivity contribution is 5.80. The molecule has 1 saturated heterocycles. The largest absolute Gasteiger partial charge is 0.484 e. The first-order valence-electron chi connectivity index (χ1n) is 11.2. The molecule has 1 amide bonds. The van der Waals surface area contributed by atoms with Crippen LogP contribution in [0.25, 0.3) is 0 Å². The van der Waals surface area contributed by atoms with Crippen LogP contribution in [-0.4, -0.2) is 72.7 Å². The van der Waals surface area contributed by atoms with Crippen LogP contribution >= 0.6 is 0 Å². The molecule has 0 spiro atoms. The maximum absolute atomic E-state index is 11.6. The molecule has 0 aliphatic carbocycles. The summed E-state index contributed by atoms with van der Waals surface area (Å²) < 4.78 is 10.8. The van der Waals surface area contributed by atoms with Crippen molar-refractivity contribution in [2.75, 3.05) is 45.9 Å². The minimum absolute atomic E-state index is 0.0153. The molecule has 9 heteroatoms. The summed E-state index contributed by atoms with van der Waals surface area (Å²) in [5.41, 5.74) is 2.01. The topological polar surface area (TPSA) is 95.2 Å². The Bertz CT molecular complexity index is 889. The average Bonchev–Trinajstić information content (AvgIpc) is 3.21. The van der Waals surface area contributed by atoms with Gasteiger partial charge in [0.15, 0.2) is 12.6 Å². The summed E-state index contributed by atoms with van der Waals surface area (Å²) in [5, 5.41) is 10.2. The normalized spacial score (nSPS) is 15.0. The molecule has 1 aromatic heterocycles. The molecule has 1 fully saturated rings. The Labute approximate surface area is 189 Å². The minimum Gasteiger partial charge on any atom is -0.484 e. The number of aliphatic imine (C=N–C) groups is 1. The number of hydrogen-bond donors (Lipinski definition) is 2. The van der Waals surface area contributed by atoms with Gasteiger partial charge in [0, 0.05) is 51.9 Å². The number of guanidine groups is 1. The van der Waals surface area contributed by atoms with Crippen LogP contribution in [0, 0.1) is 6.92 Å². The molecule has 174 valence electrons. The van der Waals surface area contributed by atoms with E-state index >= 15 is 0 Å². The highest BCUT2D eigenvalue weighted by Crippen LogP contribution is 2.15. The van der Waals surface area contributed by atoms with Gasteiger partial charge in [0.1, 0.15) is 11.5 Å². The standard InChI is InChI=1S/C23H34N6O3/c1-4-24-22(30)17-31-21-8-6-7-19(14-21)15-26-23(25-5-2)29-11-9-28(10-12-29)16-20-13-18(3)32-27-20/h6-8,13-14H,4-5,9-12,15-17H2,1-3H3,(H,24,30)(H,25,26). The van der Waals surface area contributed by atoms with Gasteiger partial charge in [0.05, 0.1) is 12.2 Å². The highest BCUT2D eigenvalue weighted by atomic mass is 16.5. The van der Waals surface area contributed by atoms with E-state index in [1.54, 1.807) is 0 Å². The van der Waals surface area contributed by atoms with Gasteiger partial charge in [0.25, 0.3) is 5.91 Å². The fourth-order valence-corrected chi connectivity index (χ4v) is 3.56. The molecular weight excluding hydrogens is 408 g/mol. The molecule has 1 aromatic carbocycles. The minimum atomic E-state index is -0.122. The highest BCUT2D eigenvalue weighted by Gasteiger charge is 2.20. The summed E-state index contributed by atoms with van der Waals surface area (Å²) >= 11 is 0. The summed E-state index contributed by atoms with van der Waals surface area (Å²) in [7, 11) is 0. The van der Waals surface area contributed by atoms with Gasteiger partial charge in [-0.2, -0.15) is 0 Å². The summed E-state index contributed by atoms with van der Waals surface area (Å²) in [4.78, 5) is 21.1. The molecule has 0 unspecified atom stereocenters. The summed E-state index contributed by atoms with van der Waals surface area (Å²) in [6.45, 7) is 12.3. The molecular formula is C23H34N6O3. The third kappa shape index (κ3) is 7.26. The second-order valence-electron chi connectivity index (χ2n) is 7.75. The Kier molecular flexibility index (Phi) is 8.91. The molecule has 0 atom stereocenters. The smallest absolute Gasteiger partial charge is 0.257 e. The zero-order chi connectivity index (χ0) is 22.8. The van der Waals surface area contributed by atoms with E-state index in [9.17, 15) is 4.79 Å². The number of carbonyl (C=O) groups is 1. The Balaban J connectivity index is 1.53. The lowest BCUT2D eigenvalue weighted by atomic mass is 10.2. The molecule has 0 bridgehead atoms. The number of piperazine rings is 1. The van der Waals surface area contributed by atoms with Crippen LogP contribution in [0.5, 0.6) is 5.75 Å². The van der Waals surface area contributed by atoms with Gasteiger partial charge in [0.2, 0.25) is 0 Å². The lowest BCUT2D eigenvalue weighted by molar-refractivity contribution is -0.122. The van der Waals surface area contributed by atoms with Gasteiger partial charge < -0.3 is 24.8 Å². The van der Waals surface area contributed by atoms with Crippen molar-refractivity contribution in [1.29, 1.82) is 0 Å². The second-order valence-corrected chi connectivity index (χ2v) is 7.75. The van der Waals surface area contributed by atoms with Crippen LogP contribution < -0.4 is 15.4 Å². The molecule has 1 aliphatic heterocycles. The number of ether oxygens (including phenoxy) is 1. The third-order valence-electron chi connectivity index (χ3n) is 5.12. The van der Waals surface area contributed by atoms with E-state index in [0.717, 1.165) is 62.2 Å². The van der Waals surface area contributed by atoms with Crippen molar-refractivity contribution in [2.24, 2.45) is 4.99 Å². The molecule has 32 heavy (non-hydrogen) atoms. The second kappa shape index (κ2) is 12.1. The number of likely N-dealkylation sites (N-methyl/N-ethyl adjacent to an activating group) is 1. The lowest BCUT2D eigenvalue weighted by Crippen LogP contribution is -2.52. The van der Waals surface area contributed by atoms with Crippen LogP contribution in [0.1, 0.15) is 30.9 Å². The van der Waals surface area contributed by atoms with Crippen molar-refractivity contribution >= 4 is 11.9 Å². The van der Waals surface area contributed by atoms with Crippen LogP contribution in [0.3, 0.4) is 0 Å². The van der Waals surface area contributed by atoms with Gasteiger partial charge >= 0.3 is 0 Å². The number of carbonyl (C=O) groups excluding carboxylic acids is 1. The van der Waals surface area contributed by atoms with E-state index in [1.807, 2.05) is 44.2 Å². The Hall–Kier alpha value is -3.07. The third-order valence-corrected chi connectivity index (χ3v) is 5.12. The van der Waals surface area contributed by atoms with E-state index in [1.165, 1.54) is 0 Å². The van der Waals surface area contributed by atoms with Gasteiger partial charge in [-0.1, -0.05) is 17.3 Å². The van der Waals surface area contributed by atoms with Crippen molar-refractivity contribution in [3.63, 3.8) is 0 Å². The molecule has 2 aromatic rings. The van der Waals surface area contributed by atoms with E-state index in [4.69, 9.17) is 14.3 Å². The van der Waals surface area contributed by atoms with Gasteiger partial charge in [-0.05, 0) is 38.5 Å². The van der Waals surface area contributed by atoms with E-state index in [-0.39, 0.29) is 12.5 Å². The number of nitrogens with one attached hydrogen (secondary N) is 2. The molecule has 0 saturated carbocycles. The fraction of sp³-hybridized carbons (Fsp3) is 0.522. The average molecular weight is 443 g/mol. The quantitative estimate of drug-likeness (QED) is 0.451. The first-order valence-corrected chi connectivity index (χ1v) is 11.2. The predicted octanol–water partition coefficient (Wildman–Crippen LogP) is 1.78. The zero-order valence-electron chi connectivity index (χ0n) is 19.3. The number of nitrogens with zero attached hydrogens (tertiary/aromatic N) is 4. The predicted molar refractivity (Wildman–Crippen MR) is 124 cm³/mol. The lowest BCUT2D eigenvalue weighted by Gasteiger charge is -2.36. The molecule has 2 N–H and O–H groups in total. The maximum atomic E-state index is 11.6. The Morgan fingerprint density at radius 3 is 2.62 bits per heavy atom. The number of benzene rings is 1. The number of aryl methyl sites for hydroxylation is 1. The van der Waals surface area contributed by atoms with Crippen molar-refractivity contribution in [1.82, 2.24) is 25.6 Å². The van der Waals surface area contributed by atoms with Gasteiger partial charge in [-0.3, -0.25) is 9.69 Å². The van der Waals surface area contributed by atoms with Crippen molar-refractivity contribution in [3.8, 4) is 5.75 Å². The maximum Gasteiger partial charge on any atom is 0.257 e. The van der Waals surface area contributed by atoms with Gasteiger partial charge in [-0.15, -0.1) is 0 Å². The van der Waals surface area contributed by atoms with E-state index in [2.05, 4.69) is 32.5 Å². The SMILES string of the molecule is CCNC(=O)COc1cccc(CN=C(NCC)N2CCN(Cc3cc(C)on3)CC2)c1. The first-order chi connectivity index (χ1) is 15.6.